The van der Waals surface area contributed by atoms with Gasteiger partial charge in [0.25, 0.3) is 0 Å². The topological polar surface area (TPSA) is 46.5 Å². The fourth-order valence-corrected chi connectivity index (χ4v) is 2.88. The first-order valence-electron chi connectivity index (χ1n) is 7.23. The molecule has 0 radical (unpaired) electrons. The van der Waals surface area contributed by atoms with Gasteiger partial charge < -0.3 is 9.84 Å². The lowest BCUT2D eigenvalue weighted by Gasteiger charge is -2.39. The van der Waals surface area contributed by atoms with Crippen LogP contribution >= 0.6 is 0 Å². The summed E-state index contributed by atoms with van der Waals surface area (Å²) in [6.45, 7) is 1.33. The van der Waals surface area contributed by atoms with Gasteiger partial charge in [-0.05, 0) is 44.1 Å². The lowest BCUT2D eigenvalue weighted by molar-refractivity contribution is -0.221. The predicted molar refractivity (Wildman–Crippen MR) is 74.2 cm³/mol. The molecule has 1 aromatic rings. The first kappa shape index (κ1) is 15.9. The van der Waals surface area contributed by atoms with Crippen molar-refractivity contribution in [2.24, 2.45) is 0 Å². The number of alkyl halides is 2. The van der Waals surface area contributed by atoms with Crippen molar-refractivity contribution in [3.63, 3.8) is 0 Å². The summed E-state index contributed by atoms with van der Waals surface area (Å²) in [5, 5.41) is 10.2. The van der Waals surface area contributed by atoms with E-state index in [1.54, 1.807) is 0 Å². The zero-order chi connectivity index (χ0) is 15.5. The molecule has 0 amide bonds. The smallest absolute Gasteiger partial charge is 0.380 e. The molecule has 116 valence electrons. The maximum atomic E-state index is 14.1. The van der Waals surface area contributed by atoms with Crippen molar-refractivity contribution < 1.29 is 23.4 Å². The number of carbonyl (C=O) groups is 1. The van der Waals surface area contributed by atoms with Crippen molar-refractivity contribution in [2.75, 3.05) is 6.61 Å². The van der Waals surface area contributed by atoms with Crippen LogP contribution in [0.3, 0.4) is 0 Å². The van der Waals surface area contributed by atoms with Crippen LogP contribution < -0.4 is 0 Å². The maximum absolute atomic E-state index is 14.1. The minimum absolute atomic E-state index is 0.113. The minimum atomic E-state index is -3.86. The van der Waals surface area contributed by atoms with Crippen LogP contribution in [-0.4, -0.2) is 29.2 Å². The van der Waals surface area contributed by atoms with Crippen molar-refractivity contribution in [3.05, 3.63) is 35.9 Å². The zero-order valence-electron chi connectivity index (χ0n) is 12.0. The van der Waals surface area contributed by atoms with Gasteiger partial charge in [-0.3, -0.25) is 0 Å². The van der Waals surface area contributed by atoms with Crippen LogP contribution in [0.5, 0.6) is 0 Å². The molecule has 0 atom stereocenters. The van der Waals surface area contributed by atoms with Gasteiger partial charge in [-0.15, -0.1) is 0 Å². The number of carbonyl (C=O) groups excluding carboxylic acids is 1. The normalized spacial score (nSPS) is 26.4. The van der Waals surface area contributed by atoms with E-state index in [9.17, 15) is 18.7 Å². The van der Waals surface area contributed by atoms with Gasteiger partial charge in [0.1, 0.15) is 5.60 Å². The number of esters is 1. The van der Waals surface area contributed by atoms with Crippen LogP contribution in [0.4, 0.5) is 8.78 Å². The van der Waals surface area contributed by atoms with Gasteiger partial charge >= 0.3 is 11.9 Å². The van der Waals surface area contributed by atoms with Crippen LogP contribution in [0, 0.1) is 0 Å². The van der Waals surface area contributed by atoms with Crippen molar-refractivity contribution in [2.45, 2.75) is 50.0 Å². The second kappa shape index (κ2) is 6.10. The van der Waals surface area contributed by atoms with Crippen molar-refractivity contribution in [1.82, 2.24) is 0 Å². The fourth-order valence-electron chi connectivity index (χ4n) is 2.88. The summed E-state index contributed by atoms with van der Waals surface area (Å²) < 4.78 is 32.5. The molecular weight excluding hydrogens is 278 g/mol. The summed E-state index contributed by atoms with van der Waals surface area (Å²) in [7, 11) is 0. The maximum Gasteiger partial charge on any atom is 0.380 e. The molecule has 3 nitrogen and oxygen atoms in total. The predicted octanol–water partition coefficient (Wildman–Crippen LogP) is 3.27. The molecule has 1 saturated carbocycles. The molecule has 0 unspecified atom stereocenters. The Morgan fingerprint density at radius 2 is 1.90 bits per heavy atom. The van der Waals surface area contributed by atoms with Crippen molar-refractivity contribution in [1.29, 1.82) is 0 Å². The van der Waals surface area contributed by atoms with E-state index >= 15 is 0 Å². The molecule has 0 aromatic heterocycles. The second-order valence-electron chi connectivity index (χ2n) is 5.51. The molecule has 0 aliphatic heterocycles. The van der Waals surface area contributed by atoms with Crippen LogP contribution in [0.2, 0.25) is 0 Å². The largest absolute Gasteiger partial charge is 0.461 e. The number of halogens is 2. The van der Waals surface area contributed by atoms with E-state index in [1.165, 1.54) is 6.92 Å². The average Bonchev–Trinajstić information content (AvgIpc) is 2.49. The molecule has 0 heterocycles. The third kappa shape index (κ3) is 3.07. The molecule has 1 fully saturated rings. The molecule has 1 aliphatic rings. The highest BCUT2D eigenvalue weighted by Gasteiger charge is 2.60. The molecule has 5 heteroatoms. The van der Waals surface area contributed by atoms with Gasteiger partial charge in [0, 0.05) is 0 Å². The molecule has 0 saturated heterocycles. The summed E-state index contributed by atoms with van der Waals surface area (Å²) >= 11 is 0. The van der Waals surface area contributed by atoms with Crippen LogP contribution in [0.1, 0.15) is 44.1 Å². The van der Waals surface area contributed by atoms with Gasteiger partial charge in [-0.25, -0.2) is 4.79 Å². The Morgan fingerprint density at radius 1 is 1.33 bits per heavy atom. The van der Waals surface area contributed by atoms with Crippen LogP contribution in [0.25, 0.3) is 0 Å². The number of hydrogen-bond donors (Lipinski definition) is 1. The molecule has 0 bridgehead atoms. The summed E-state index contributed by atoms with van der Waals surface area (Å²) in [6, 6.07) is 9.63. The summed E-state index contributed by atoms with van der Waals surface area (Å²) in [6.07, 6.45) is 0.627. The first-order chi connectivity index (χ1) is 9.90. The Morgan fingerprint density at radius 3 is 2.43 bits per heavy atom. The van der Waals surface area contributed by atoms with E-state index in [0.29, 0.717) is 12.8 Å². The third-order valence-corrected chi connectivity index (χ3v) is 4.20. The molecule has 21 heavy (non-hydrogen) atoms. The zero-order valence-corrected chi connectivity index (χ0v) is 12.0. The quantitative estimate of drug-likeness (QED) is 0.868. The monoisotopic (exact) mass is 298 g/mol. The number of benzene rings is 1. The van der Waals surface area contributed by atoms with Crippen LogP contribution in [-0.2, 0) is 9.53 Å². The Labute approximate surface area is 122 Å². The van der Waals surface area contributed by atoms with E-state index in [-0.39, 0.29) is 25.4 Å². The summed E-state index contributed by atoms with van der Waals surface area (Å²) in [5.41, 5.74) is -1.22. The summed E-state index contributed by atoms with van der Waals surface area (Å²) in [4.78, 5) is 11.4. The van der Waals surface area contributed by atoms with Gasteiger partial charge in [0.2, 0.25) is 0 Å². The molecule has 1 N–H and O–H groups in total. The highest BCUT2D eigenvalue weighted by atomic mass is 19.3. The number of aliphatic hydroxyl groups is 1. The molecule has 1 aliphatic carbocycles. The molecule has 1 aromatic carbocycles. The van der Waals surface area contributed by atoms with Gasteiger partial charge in [0.05, 0.1) is 6.61 Å². The number of hydrogen-bond acceptors (Lipinski definition) is 3. The van der Waals surface area contributed by atoms with E-state index in [1.807, 2.05) is 30.3 Å². The van der Waals surface area contributed by atoms with Gasteiger partial charge in [0.15, 0.2) is 0 Å². The Bertz CT molecular complexity index is 480. The Kier molecular flexibility index (Phi) is 4.61. The Hall–Kier alpha value is -1.49. The lowest BCUT2D eigenvalue weighted by atomic mass is 9.73. The average molecular weight is 298 g/mol. The highest BCUT2D eigenvalue weighted by molar-refractivity contribution is 5.79. The van der Waals surface area contributed by atoms with Crippen LogP contribution in [0.15, 0.2) is 30.3 Å². The molecular formula is C16H20F2O3. The second-order valence-corrected chi connectivity index (χ2v) is 5.51. The van der Waals surface area contributed by atoms with Crippen molar-refractivity contribution >= 4 is 5.97 Å². The van der Waals surface area contributed by atoms with E-state index in [0.717, 1.165) is 5.56 Å². The molecule has 2 rings (SSSR count). The third-order valence-electron chi connectivity index (χ3n) is 4.20. The highest BCUT2D eigenvalue weighted by Crippen LogP contribution is 2.45. The first-order valence-corrected chi connectivity index (χ1v) is 7.23. The van der Waals surface area contributed by atoms with E-state index in [2.05, 4.69) is 4.74 Å². The van der Waals surface area contributed by atoms with Crippen molar-refractivity contribution in [3.8, 4) is 0 Å². The van der Waals surface area contributed by atoms with Gasteiger partial charge in [-0.2, -0.15) is 8.78 Å². The van der Waals surface area contributed by atoms with E-state index < -0.39 is 17.5 Å². The Balaban J connectivity index is 2.06. The standard InChI is InChI=1S/C16H20F2O3/c1-2-21-14(19)16(17,18)15(20)10-8-13(9-11-15)12-6-4-3-5-7-12/h3-7,13,20H,2,8-11H2,1H3/t13-,15-. The fraction of sp³-hybridized carbons (Fsp3) is 0.562. The molecule has 0 spiro atoms. The minimum Gasteiger partial charge on any atom is -0.461 e. The SMILES string of the molecule is CCOC(=O)C(F)(F)[C@]1(O)CC[C@H](c2ccccc2)CC1. The van der Waals surface area contributed by atoms with E-state index in [4.69, 9.17) is 0 Å². The number of rotatable bonds is 4. The number of ether oxygens (including phenoxy) is 1. The summed E-state index contributed by atoms with van der Waals surface area (Å²) in [5.74, 6) is -5.35. The lowest BCUT2D eigenvalue weighted by Crippen LogP contribution is -2.55. The van der Waals surface area contributed by atoms with Gasteiger partial charge in [-0.1, -0.05) is 30.3 Å².